The van der Waals surface area contributed by atoms with Crippen LogP contribution in [0.15, 0.2) is 72.8 Å². The fourth-order valence-corrected chi connectivity index (χ4v) is 3.98. The summed E-state index contributed by atoms with van der Waals surface area (Å²) in [5.74, 6) is 1.80. The Morgan fingerprint density at radius 2 is 0.967 bits per heavy atom. The number of ether oxygens (including phenoxy) is 4. The van der Waals surface area contributed by atoms with Crippen LogP contribution in [0.4, 0.5) is 0 Å². The SMILES string of the molecule is c1cc(-c2cccc3c(OCC4CO4)cccc23)c2cccc(OCC3CO3)c2c1. The lowest BCUT2D eigenvalue weighted by molar-refractivity contribution is 0.265. The van der Waals surface area contributed by atoms with Gasteiger partial charge in [0.2, 0.25) is 0 Å². The van der Waals surface area contributed by atoms with Gasteiger partial charge in [-0.1, -0.05) is 60.7 Å². The van der Waals surface area contributed by atoms with Crippen LogP contribution in [0.3, 0.4) is 0 Å². The van der Waals surface area contributed by atoms with Crippen molar-refractivity contribution >= 4 is 21.5 Å². The van der Waals surface area contributed by atoms with Crippen molar-refractivity contribution < 1.29 is 18.9 Å². The highest BCUT2D eigenvalue weighted by molar-refractivity contribution is 6.07. The molecule has 2 aliphatic heterocycles. The third-order valence-electron chi connectivity index (χ3n) is 5.71. The molecule has 0 saturated carbocycles. The van der Waals surface area contributed by atoms with Gasteiger partial charge in [-0.2, -0.15) is 0 Å². The van der Waals surface area contributed by atoms with Crippen LogP contribution >= 0.6 is 0 Å². The van der Waals surface area contributed by atoms with Crippen molar-refractivity contribution in [2.24, 2.45) is 0 Å². The van der Waals surface area contributed by atoms with Gasteiger partial charge in [-0.15, -0.1) is 0 Å². The minimum atomic E-state index is 0.237. The Balaban J connectivity index is 1.45. The van der Waals surface area contributed by atoms with E-state index in [-0.39, 0.29) is 12.2 Å². The molecule has 4 aromatic rings. The standard InChI is InChI=1S/C26H22O4/c1-5-19(21-7-3-11-25(23(21)9-1)29-15-17-13-27-17)20-6-2-10-24-22(20)8-4-12-26(24)30-16-18-14-28-18/h1-12,17-18H,13-16H2. The number of hydrogen-bond acceptors (Lipinski definition) is 4. The van der Waals surface area contributed by atoms with E-state index in [1.165, 1.54) is 21.9 Å². The van der Waals surface area contributed by atoms with Gasteiger partial charge in [0.25, 0.3) is 0 Å². The minimum absolute atomic E-state index is 0.237. The lowest BCUT2D eigenvalue weighted by Gasteiger charge is -2.14. The molecule has 4 heteroatoms. The van der Waals surface area contributed by atoms with Crippen molar-refractivity contribution in [1.82, 2.24) is 0 Å². The van der Waals surface area contributed by atoms with Gasteiger partial charge in [-0.05, 0) is 34.0 Å². The van der Waals surface area contributed by atoms with Crippen molar-refractivity contribution in [2.75, 3.05) is 26.4 Å². The summed E-state index contributed by atoms with van der Waals surface area (Å²) in [5, 5.41) is 4.59. The second-order valence-electron chi connectivity index (χ2n) is 7.85. The molecule has 2 heterocycles. The Kier molecular flexibility index (Phi) is 4.33. The Hall–Kier alpha value is -3.08. The molecule has 30 heavy (non-hydrogen) atoms. The number of rotatable bonds is 7. The zero-order valence-electron chi connectivity index (χ0n) is 16.5. The lowest BCUT2D eigenvalue weighted by Crippen LogP contribution is -2.04. The average Bonchev–Trinajstić information content (AvgIpc) is 3.70. The Morgan fingerprint density at radius 1 is 0.567 bits per heavy atom. The summed E-state index contributed by atoms with van der Waals surface area (Å²) >= 11 is 0. The molecule has 0 aromatic heterocycles. The van der Waals surface area contributed by atoms with Gasteiger partial charge in [-0.3, -0.25) is 0 Å². The van der Waals surface area contributed by atoms with E-state index in [1.807, 2.05) is 12.1 Å². The molecule has 0 aliphatic carbocycles. The maximum Gasteiger partial charge on any atom is 0.127 e. The second-order valence-corrected chi connectivity index (χ2v) is 7.85. The number of benzene rings is 4. The Labute approximate surface area is 174 Å². The molecule has 0 spiro atoms. The number of epoxide rings is 2. The zero-order chi connectivity index (χ0) is 19.9. The van der Waals surface area contributed by atoms with E-state index < -0.39 is 0 Å². The van der Waals surface area contributed by atoms with Crippen molar-refractivity contribution in [3.05, 3.63) is 72.8 Å². The molecule has 0 bridgehead atoms. The molecular weight excluding hydrogens is 376 g/mol. The van der Waals surface area contributed by atoms with Crippen molar-refractivity contribution in [3.8, 4) is 22.6 Å². The van der Waals surface area contributed by atoms with Gasteiger partial charge in [0.05, 0.1) is 13.2 Å². The number of fused-ring (bicyclic) bond motifs is 2. The first kappa shape index (κ1) is 17.8. The van der Waals surface area contributed by atoms with E-state index in [0.29, 0.717) is 13.2 Å². The van der Waals surface area contributed by atoms with Crippen molar-refractivity contribution in [1.29, 1.82) is 0 Å². The first-order chi connectivity index (χ1) is 14.9. The van der Waals surface area contributed by atoms with E-state index in [0.717, 1.165) is 35.5 Å². The molecule has 0 radical (unpaired) electrons. The third-order valence-corrected chi connectivity index (χ3v) is 5.71. The molecule has 2 unspecified atom stereocenters. The van der Waals surface area contributed by atoms with Crippen LogP contribution in [0.1, 0.15) is 0 Å². The Morgan fingerprint density at radius 3 is 1.40 bits per heavy atom. The fraction of sp³-hybridized carbons (Fsp3) is 0.231. The monoisotopic (exact) mass is 398 g/mol. The zero-order valence-corrected chi connectivity index (χ0v) is 16.5. The summed E-state index contributed by atoms with van der Waals surface area (Å²) < 4.78 is 22.7. The molecular formula is C26H22O4. The van der Waals surface area contributed by atoms with Crippen molar-refractivity contribution in [2.45, 2.75) is 12.2 Å². The first-order valence-corrected chi connectivity index (χ1v) is 10.4. The first-order valence-electron chi connectivity index (χ1n) is 10.4. The van der Waals surface area contributed by atoms with Crippen LogP contribution in [-0.2, 0) is 9.47 Å². The van der Waals surface area contributed by atoms with Gasteiger partial charge < -0.3 is 18.9 Å². The van der Waals surface area contributed by atoms with E-state index in [9.17, 15) is 0 Å². The summed E-state index contributed by atoms with van der Waals surface area (Å²) in [4.78, 5) is 0. The van der Waals surface area contributed by atoms with Crippen LogP contribution in [0.2, 0.25) is 0 Å². The van der Waals surface area contributed by atoms with E-state index in [4.69, 9.17) is 18.9 Å². The largest absolute Gasteiger partial charge is 0.490 e. The summed E-state index contributed by atoms with van der Waals surface area (Å²) in [6.45, 7) is 2.79. The maximum atomic E-state index is 6.04. The molecule has 2 atom stereocenters. The fourth-order valence-electron chi connectivity index (χ4n) is 3.98. The van der Waals surface area contributed by atoms with Crippen LogP contribution in [-0.4, -0.2) is 38.6 Å². The van der Waals surface area contributed by atoms with Gasteiger partial charge in [-0.25, -0.2) is 0 Å². The van der Waals surface area contributed by atoms with Gasteiger partial charge in [0, 0.05) is 10.8 Å². The topological polar surface area (TPSA) is 43.5 Å². The molecule has 4 aromatic carbocycles. The summed E-state index contributed by atoms with van der Waals surface area (Å²) in [6.07, 6.45) is 0.474. The quantitative estimate of drug-likeness (QED) is 0.401. The van der Waals surface area contributed by atoms with Gasteiger partial charge in [0.15, 0.2) is 0 Å². The smallest absolute Gasteiger partial charge is 0.127 e. The minimum Gasteiger partial charge on any atom is -0.490 e. The molecule has 150 valence electrons. The average molecular weight is 398 g/mol. The van der Waals surface area contributed by atoms with Crippen molar-refractivity contribution in [3.63, 3.8) is 0 Å². The lowest BCUT2D eigenvalue weighted by atomic mass is 9.93. The molecule has 0 amide bonds. The predicted molar refractivity (Wildman–Crippen MR) is 117 cm³/mol. The van der Waals surface area contributed by atoms with Gasteiger partial charge >= 0.3 is 0 Å². The molecule has 0 N–H and O–H groups in total. The van der Waals surface area contributed by atoms with Crippen LogP contribution < -0.4 is 9.47 Å². The van der Waals surface area contributed by atoms with Gasteiger partial charge in [0.1, 0.15) is 36.9 Å². The van der Waals surface area contributed by atoms with E-state index in [2.05, 4.69) is 60.7 Å². The predicted octanol–water partition coefficient (Wildman–Crippen LogP) is 5.22. The molecule has 2 saturated heterocycles. The van der Waals surface area contributed by atoms with Crippen LogP contribution in [0.5, 0.6) is 11.5 Å². The Bertz CT molecular complexity index is 1130. The molecule has 6 rings (SSSR count). The maximum absolute atomic E-state index is 6.04. The van der Waals surface area contributed by atoms with E-state index in [1.54, 1.807) is 0 Å². The summed E-state index contributed by atoms with van der Waals surface area (Å²) in [5.41, 5.74) is 2.38. The molecule has 2 fully saturated rings. The van der Waals surface area contributed by atoms with Crippen LogP contribution in [0.25, 0.3) is 32.7 Å². The van der Waals surface area contributed by atoms with Crippen LogP contribution in [0, 0.1) is 0 Å². The summed E-state index contributed by atoms with van der Waals surface area (Å²) in [6, 6.07) is 25.3. The molecule has 2 aliphatic rings. The highest BCUT2D eigenvalue weighted by atomic mass is 16.6. The second kappa shape index (κ2) is 7.31. The molecule has 4 nitrogen and oxygen atoms in total. The summed E-state index contributed by atoms with van der Waals surface area (Å²) in [7, 11) is 0. The number of hydrogen-bond donors (Lipinski definition) is 0. The highest BCUT2D eigenvalue weighted by Crippen LogP contribution is 2.39. The normalized spacial score (nSPS) is 19.7. The highest BCUT2D eigenvalue weighted by Gasteiger charge is 2.24. The van der Waals surface area contributed by atoms with E-state index >= 15 is 0 Å². The third kappa shape index (κ3) is 3.38.